The Labute approximate surface area is 145 Å². The second-order valence-corrected chi connectivity index (χ2v) is 6.46. The van der Waals surface area contributed by atoms with Crippen LogP contribution < -0.4 is 10.1 Å². The molecule has 0 radical (unpaired) electrons. The number of rotatable bonds is 5. The number of carbonyl (C=O) groups excluding carboxylic acids is 2. The molecule has 1 aromatic heterocycles. The molecule has 1 aromatic carbocycles. The third-order valence-electron chi connectivity index (χ3n) is 4.52. The summed E-state index contributed by atoms with van der Waals surface area (Å²) < 4.78 is 6.86. The van der Waals surface area contributed by atoms with Gasteiger partial charge >= 0.3 is 0 Å². The van der Waals surface area contributed by atoms with Crippen LogP contribution in [0.25, 0.3) is 0 Å². The number of hydrogen-bond donors (Lipinski definition) is 1. The number of ether oxygens (including phenoxy) is 1. The lowest BCUT2D eigenvalue weighted by Crippen LogP contribution is -2.39. The number of methoxy groups -OCH3 is 1. The van der Waals surface area contributed by atoms with E-state index < -0.39 is 0 Å². The molecular formula is C18H20N4O3. The highest BCUT2D eigenvalue weighted by Gasteiger charge is 2.30. The summed E-state index contributed by atoms with van der Waals surface area (Å²) in [7, 11) is 1.62. The molecule has 1 fully saturated rings. The Bertz CT molecular complexity index is 825. The first-order valence-electron chi connectivity index (χ1n) is 8.45. The van der Waals surface area contributed by atoms with Crippen molar-refractivity contribution in [2.45, 2.75) is 32.0 Å². The SMILES string of the molecule is COc1cccc(CN2CCn3nc(C(=O)NC4CC4)cc3C2=O)c1. The first-order valence-corrected chi connectivity index (χ1v) is 8.45. The van der Waals surface area contributed by atoms with E-state index in [4.69, 9.17) is 4.74 Å². The van der Waals surface area contributed by atoms with Crippen LogP contribution in [-0.4, -0.2) is 46.2 Å². The summed E-state index contributed by atoms with van der Waals surface area (Å²) in [4.78, 5) is 26.7. The van der Waals surface area contributed by atoms with E-state index in [1.54, 1.807) is 22.8 Å². The average molecular weight is 340 g/mol. The van der Waals surface area contributed by atoms with Crippen LogP contribution in [0.2, 0.25) is 0 Å². The summed E-state index contributed by atoms with van der Waals surface area (Å²) in [6.07, 6.45) is 2.04. The van der Waals surface area contributed by atoms with E-state index in [0.717, 1.165) is 24.2 Å². The van der Waals surface area contributed by atoms with E-state index in [0.29, 0.717) is 31.0 Å². The first-order chi connectivity index (χ1) is 12.1. The van der Waals surface area contributed by atoms with Gasteiger partial charge in [-0.3, -0.25) is 14.3 Å². The molecule has 0 bridgehead atoms. The van der Waals surface area contributed by atoms with Crippen molar-refractivity contribution in [3.63, 3.8) is 0 Å². The fourth-order valence-electron chi connectivity index (χ4n) is 2.98. The first kappa shape index (κ1) is 15.7. The van der Waals surface area contributed by atoms with Crippen molar-refractivity contribution >= 4 is 11.8 Å². The van der Waals surface area contributed by atoms with Gasteiger partial charge in [0.05, 0.1) is 13.7 Å². The number of fused-ring (bicyclic) bond motifs is 1. The standard InChI is InChI=1S/C18H20N4O3/c1-25-14-4-2-3-12(9-14)11-21-7-8-22-16(18(21)24)10-15(20-22)17(23)19-13-5-6-13/h2-4,9-10,13H,5-8,11H2,1H3,(H,19,23). The highest BCUT2D eigenvalue weighted by Crippen LogP contribution is 2.21. The molecule has 0 atom stereocenters. The van der Waals surface area contributed by atoms with Gasteiger partial charge in [0, 0.05) is 25.2 Å². The number of carbonyl (C=O) groups is 2. The van der Waals surface area contributed by atoms with Gasteiger partial charge in [0.1, 0.15) is 11.4 Å². The molecule has 25 heavy (non-hydrogen) atoms. The summed E-state index contributed by atoms with van der Waals surface area (Å²) in [5.74, 6) is 0.467. The van der Waals surface area contributed by atoms with Crippen LogP contribution in [0.3, 0.4) is 0 Å². The smallest absolute Gasteiger partial charge is 0.272 e. The Morgan fingerprint density at radius 2 is 2.16 bits per heavy atom. The van der Waals surface area contributed by atoms with Gasteiger partial charge in [0.15, 0.2) is 5.69 Å². The van der Waals surface area contributed by atoms with Gasteiger partial charge in [-0.05, 0) is 30.5 Å². The van der Waals surface area contributed by atoms with Crippen molar-refractivity contribution in [1.82, 2.24) is 20.0 Å². The number of nitrogens with zero attached hydrogens (tertiary/aromatic N) is 3. The zero-order chi connectivity index (χ0) is 17.4. The van der Waals surface area contributed by atoms with E-state index in [1.807, 2.05) is 24.3 Å². The van der Waals surface area contributed by atoms with E-state index in [-0.39, 0.29) is 17.9 Å². The van der Waals surface area contributed by atoms with Gasteiger partial charge in [0.2, 0.25) is 0 Å². The van der Waals surface area contributed by atoms with Gasteiger partial charge in [-0.15, -0.1) is 0 Å². The van der Waals surface area contributed by atoms with Crippen molar-refractivity contribution < 1.29 is 14.3 Å². The molecule has 0 unspecified atom stereocenters. The topological polar surface area (TPSA) is 76.5 Å². The summed E-state index contributed by atoms with van der Waals surface area (Å²) in [5, 5.41) is 7.19. The van der Waals surface area contributed by atoms with Crippen LogP contribution in [0, 0.1) is 0 Å². The molecule has 0 saturated heterocycles. The highest BCUT2D eigenvalue weighted by molar-refractivity contribution is 5.98. The van der Waals surface area contributed by atoms with Crippen LogP contribution in [0.15, 0.2) is 30.3 Å². The van der Waals surface area contributed by atoms with Gasteiger partial charge in [-0.2, -0.15) is 5.10 Å². The van der Waals surface area contributed by atoms with E-state index in [2.05, 4.69) is 10.4 Å². The van der Waals surface area contributed by atoms with E-state index in [9.17, 15) is 9.59 Å². The minimum atomic E-state index is -0.198. The van der Waals surface area contributed by atoms with E-state index in [1.165, 1.54) is 0 Å². The maximum Gasteiger partial charge on any atom is 0.272 e. The molecule has 2 heterocycles. The number of amides is 2. The lowest BCUT2D eigenvalue weighted by atomic mass is 10.1. The number of benzene rings is 1. The third kappa shape index (κ3) is 3.22. The Morgan fingerprint density at radius 3 is 2.92 bits per heavy atom. The largest absolute Gasteiger partial charge is 0.497 e. The Hall–Kier alpha value is -2.83. The van der Waals surface area contributed by atoms with Crippen molar-refractivity contribution in [2.24, 2.45) is 0 Å². The normalized spacial score (nSPS) is 16.5. The van der Waals surface area contributed by atoms with Crippen LogP contribution in [-0.2, 0) is 13.1 Å². The Balaban J connectivity index is 1.50. The molecule has 1 N–H and O–H groups in total. The zero-order valence-corrected chi connectivity index (χ0v) is 14.1. The van der Waals surface area contributed by atoms with Crippen LogP contribution >= 0.6 is 0 Å². The van der Waals surface area contributed by atoms with Crippen LogP contribution in [0.5, 0.6) is 5.75 Å². The average Bonchev–Trinajstić information content (AvgIpc) is 3.32. The molecular weight excluding hydrogens is 320 g/mol. The van der Waals surface area contributed by atoms with Crippen LogP contribution in [0.1, 0.15) is 39.4 Å². The van der Waals surface area contributed by atoms with Crippen molar-refractivity contribution in [3.8, 4) is 5.75 Å². The third-order valence-corrected chi connectivity index (χ3v) is 4.52. The number of aromatic nitrogens is 2. The fraction of sp³-hybridized carbons (Fsp3) is 0.389. The second kappa shape index (κ2) is 6.23. The monoisotopic (exact) mass is 340 g/mol. The fourth-order valence-corrected chi connectivity index (χ4v) is 2.98. The molecule has 2 aromatic rings. The Morgan fingerprint density at radius 1 is 1.32 bits per heavy atom. The summed E-state index contributed by atoms with van der Waals surface area (Å²) in [6.45, 7) is 1.65. The lowest BCUT2D eigenvalue weighted by Gasteiger charge is -2.27. The van der Waals surface area contributed by atoms with Crippen molar-refractivity contribution in [3.05, 3.63) is 47.3 Å². The molecule has 7 nitrogen and oxygen atoms in total. The lowest BCUT2D eigenvalue weighted by molar-refractivity contribution is 0.0683. The van der Waals surface area contributed by atoms with Crippen molar-refractivity contribution in [1.29, 1.82) is 0 Å². The molecule has 1 aliphatic heterocycles. The Kier molecular flexibility index (Phi) is 3.91. The summed E-state index contributed by atoms with van der Waals surface area (Å²) >= 11 is 0. The van der Waals surface area contributed by atoms with Crippen LogP contribution in [0.4, 0.5) is 0 Å². The van der Waals surface area contributed by atoms with Gasteiger partial charge in [-0.25, -0.2) is 0 Å². The maximum atomic E-state index is 12.7. The van der Waals surface area contributed by atoms with E-state index >= 15 is 0 Å². The molecule has 2 amide bonds. The summed E-state index contributed by atoms with van der Waals surface area (Å²) in [5.41, 5.74) is 1.79. The zero-order valence-electron chi connectivity index (χ0n) is 14.1. The molecule has 1 aliphatic carbocycles. The molecule has 1 saturated carbocycles. The van der Waals surface area contributed by atoms with Crippen molar-refractivity contribution in [2.75, 3.05) is 13.7 Å². The summed E-state index contributed by atoms with van der Waals surface area (Å²) in [6, 6.07) is 9.54. The quantitative estimate of drug-likeness (QED) is 0.893. The predicted molar refractivity (Wildman–Crippen MR) is 90.4 cm³/mol. The molecule has 7 heteroatoms. The number of hydrogen-bond acceptors (Lipinski definition) is 4. The molecule has 2 aliphatic rings. The highest BCUT2D eigenvalue weighted by atomic mass is 16.5. The van der Waals surface area contributed by atoms with Gasteiger partial charge < -0.3 is 15.0 Å². The van der Waals surface area contributed by atoms with Gasteiger partial charge in [0.25, 0.3) is 11.8 Å². The maximum absolute atomic E-state index is 12.7. The van der Waals surface area contributed by atoms with Gasteiger partial charge in [-0.1, -0.05) is 12.1 Å². The minimum absolute atomic E-state index is 0.105. The molecule has 130 valence electrons. The second-order valence-electron chi connectivity index (χ2n) is 6.46. The minimum Gasteiger partial charge on any atom is -0.497 e. The number of nitrogens with one attached hydrogen (secondary N) is 1. The molecule has 4 rings (SSSR count). The molecule has 0 spiro atoms. The predicted octanol–water partition coefficient (Wildman–Crippen LogP) is 1.44.